The highest BCUT2D eigenvalue weighted by Gasteiger charge is 2.22. The highest BCUT2D eigenvalue weighted by Crippen LogP contribution is 2.15. The number of hydrogen-bond acceptors (Lipinski definition) is 4. The van der Waals surface area contributed by atoms with Gasteiger partial charge in [-0.15, -0.1) is 0 Å². The van der Waals surface area contributed by atoms with Crippen LogP contribution in [-0.2, 0) is 14.4 Å². The fraction of sp³-hybridized carbons (Fsp3) is 0.375. The number of carboxylic acid groups (broad SMARTS) is 1. The summed E-state index contributed by atoms with van der Waals surface area (Å²) < 4.78 is 0. The van der Waals surface area contributed by atoms with E-state index in [1.807, 2.05) is 0 Å². The van der Waals surface area contributed by atoms with Crippen molar-refractivity contribution in [3.05, 3.63) is 29.8 Å². The Morgan fingerprint density at radius 1 is 1.17 bits per heavy atom. The number of benzene rings is 1. The van der Waals surface area contributed by atoms with Crippen LogP contribution < -0.4 is 10.6 Å². The number of hydrogen-bond donors (Lipinski definition) is 3. The number of carboxylic acids is 1. The topological polar surface area (TPSA) is 113 Å². The molecular weight excluding hydrogens is 300 g/mol. The van der Waals surface area contributed by atoms with Crippen LogP contribution in [0.3, 0.4) is 0 Å². The minimum Gasteiger partial charge on any atom is -0.480 e. The van der Waals surface area contributed by atoms with Gasteiger partial charge in [0, 0.05) is 19.8 Å². The maximum atomic E-state index is 12.3. The van der Waals surface area contributed by atoms with E-state index in [0.29, 0.717) is 12.1 Å². The maximum absolute atomic E-state index is 12.3. The molecule has 0 bridgehead atoms. The van der Waals surface area contributed by atoms with Crippen molar-refractivity contribution in [3.63, 3.8) is 0 Å². The molecule has 1 aromatic rings. The number of nitrogens with one attached hydrogen (secondary N) is 2. The quantitative estimate of drug-likeness (QED) is 0.673. The SMILES string of the molecule is CCC(=O)CC[C@@H](NC(=O)c1ccccc1NC(C)=O)C(=O)O. The third kappa shape index (κ3) is 5.90. The van der Waals surface area contributed by atoms with Crippen molar-refractivity contribution in [2.75, 3.05) is 5.32 Å². The van der Waals surface area contributed by atoms with Gasteiger partial charge in [0.15, 0.2) is 0 Å². The first kappa shape index (κ1) is 18.3. The molecular formula is C16H20N2O5. The second kappa shape index (κ2) is 8.67. The van der Waals surface area contributed by atoms with Gasteiger partial charge in [-0.1, -0.05) is 19.1 Å². The summed E-state index contributed by atoms with van der Waals surface area (Å²) in [4.78, 5) is 46.0. The van der Waals surface area contributed by atoms with Gasteiger partial charge in [-0.3, -0.25) is 14.4 Å². The number of Topliss-reactive ketones (excluding diaryl/α,β-unsaturated/α-hetero) is 1. The highest BCUT2D eigenvalue weighted by atomic mass is 16.4. The molecule has 3 N–H and O–H groups in total. The summed E-state index contributed by atoms with van der Waals surface area (Å²) in [5.74, 6) is -2.23. The van der Waals surface area contributed by atoms with E-state index in [1.54, 1.807) is 25.1 Å². The summed E-state index contributed by atoms with van der Waals surface area (Å²) in [6.45, 7) is 3.01. The lowest BCUT2D eigenvalue weighted by molar-refractivity contribution is -0.139. The summed E-state index contributed by atoms with van der Waals surface area (Å²) in [5.41, 5.74) is 0.460. The minimum absolute atomic E-state index is 0.0239. The number of aliphatic carboxylic acids is 1. The van der Waals surface area contributed by atoms with E-state index >= 15 is 0 Å². The van der Waals surface area contributed by atoms with Gasteiger partial charge in [0.25, 0.3) is 5.91 Å². The Hall–Kier alpha value is -2.70. The van der Waals surface area contributed by atoms with Crippen LogP contribution in [-0.4, -0.2) is 34.7 Å². The molecule has 0 radical (unpaired) electrons. The average molecular weight is 320 g/mol. The number of ketones is 1. The van der Waals surface area contributed by atoms with Crippen molar-refractivity contribution in [1.29, 1.82) is 0 Å². The van der Waals surface area contributed by atoms with Crippen molar-refractivity contribution >= 4 is 29.3 Å². The molecule has 0 saturated carbocycles. The summed E-state index contributed by atoms with van der Waals surface area (Å²) in [5, 5.41) is 14.1. The van der Waals surface area contributed by atoms with E-state index in [-0.39, 0.29) is 30.1 Å². The summed E-state index contributed by atoms with van der Waals surface area (Å²) >= 11 is 0. The standard InChI is InChI=1S/C16H20N2O5/c1-3-11(20)8-9-14(16(22)23)18-15(21)12-6-4-5-7-13(12)17-10(2)19/h4-7,14H,3,8-9H2,1-2H3,(H,17,19)(H,18,21)(H,22,23)/t14-/m1/s1. The van der Waals surface area contributed by atoms with Crippen LogP contribution in [0.25, 0.3) is 0 Å². The summed E-state index contributed by atoms with van der Waals surface area (Å²) in [7, 11) is 0. The Balaban J connectivity index is 2.85. The molecule has 2 amide bonds. The normalized spacial score (nSPS) is 11.4. The van der Waals surface area contributed by atoms with Gasteiger partial charge in [0.2, 0.25) is 5.91 Å². The number of carbonyl (C=O) groups is 4. The van der Waals surface area contributed by atoms with E-state index in [9.17, 15) is 24.3 Å². The zero-order valence-corrected chi connectivity index (χ0v) is 13.1. The maximum Gasteiger partial charge on any atom is 0.326 e. The molecule has 0 aliphatic rings. The smallest absolute Gasteiger partial charge is 0.326 e. The van der Waals surface area contributed by atoms with Gasteiger partial charge in [0.1, 0.15) is 11.8 Å². The Kier molecular flexibility index (Phi) is 6.92. The van der Waals surface area contributed by atoms with Crippen molar-refractivity contribution < 1.29 is 24.3 Å². The molecule has 7 heteroatoms. The van der Waals surface area contributed by atoms with Crippen LogP contribution in [0, 0.1) is 0 Å². The molecule has 0 aliphatic carbocycles. The molecule has 0 fully saturated rings. The van der Waals surface area contributed by atoms with Crippen molar-refractivity contribution in [3.8, 4) is 0 Å². The van der Waals surface area contributed by atoms with Crippen LogP contribution in [0.4, 0.5) is 5.69 Å². The van der Waals surface area contributed by atoms with Crippen molar-refractivity contribution in [1.82, 2.24) is 5.32 Å². The molecule has 124 valence electrons. The van der Waals surface area contributed by atoms with Crippen LogP contribution in [0.1, 0.15) is 43.5 Å². The lowest BCUT2D eigenvalue weighted by Crippen LogP contribution is -2.41. The number of amides is 2. The molecule has 1 aromatic carbocycles. The number of rotatable bonds is 8. The predicted molar refractivity (Wildman–Crippen MR) is 84.2 cm³/mol. The molecule has 1 atom stereocenters. The number of carbonyl (C=O) groups excluding carboxylic acids is 3. The zero-order chi connectivity index (χ0) is 17.4. The molecule has 0 heterocycles. The van der Waals surface area contributed by atoms with Crippen molar-refractivity contribution in [2.24, 2.45) is 0 Å². The first-order chi connectivity index (χ1) is 10.8. The van der Waals surface area contributed by atoms with E-state index < -0.39 is 17.9 Å². The molecule has 0 aromatic heterocycles. The van der Waals surface area contributed by atoms with E-state index in [4.69, 9.17) is 0 Å². The predicted octanol–water partition coefficient (Wildman–Crippen LogP) is 1.59. The fourth-order valence-corrected chi connectivity index (χ4v) is 1.96. The lowest BCUT2D eigenvalue weighted by Gasteiger charge is -2.16. The number of para-hydroxylation sites is 1. The molecule has 0 unspecified atom stereocenters. The van der Waals surface area contributed by atoms with Gasteiger partial charge in [-0.2, -0.15) is 0 Å². The lowest BCUT2D eigenvalue weighted by atomic mass is 10.1. The van der Waals surface area contributed by atoms with E-state index in [2.05, 4.69) is 10.6 Å². The van der Waals surface area contributed by atoms with E-state index in [1.165, 1.54) is 13.0 Å². The summed E-state index contributed by atoms with van der Waals surface area (Å²) in [6.07, 6.45) is 0.433. The molecule has 0 saturated heterocycles. The van der Waals surface area contributed by atoms with Crippen LogP contribution in [0.2, 0.25) is 0 Å². The molecule has 0 spiro atoms. The number of anilines is 1. The van der Waals surface area contributed by atoms with Gasteiger partial charge in [0.05, 0.1) is 11.3 Å². The minimum atomic E-state index is -1.21. The Labute approximate surface area is 134 Å². The second-order valence-electron chi connectivity index (χ2n) is 5.02. The average Bonchev–Trinajstić information content (AvgIpc) is 2.50. The second-order valence-corrected chi connectivity index (χ2v) is 5.02. The Morgan fingerprint density at radius 2 is 1.83 bits per heavy atom. The van der Waals surface area contributed by atoms with Gasteiger partial charge >= 0.3 is 5.97 Å². The first-order valence-corrected chi connectivity index (χ1v) is 7.27. The Bertz CT molecular complexity index is 612. The van der Waals surface area contributed by atoms with Crippen LogP contribution in [0.15, 0.2) is 24.3 Å². The van der Waals surface area contributed by atoms with Crippen molar-refractivity contribution in [2.45, 2.75) is 39.2 Å². The highest BCUT2D eigenvalue weighted by molar-refractivity contribution is 6.04. The summed E-state index contributed by atoms with van der Waals surface area (Å²) in [6, 6.07) is 5.12. The van der Waals surface area contributed by atoms with Gasteiger partial charge in [-0.25, -0.2) is 4.79 Å². The Morgan fingerprint density at radius 3 is 2.39 bits per heavy atom. The van der Waals surface area contributed by atoms with Gasteiger partial charge in [-0.05, 0) is 18.6 Å². The largest absolute Gasteiger partial charge is 0.480 e. The first-order valence-electron chi connectivity index (χ1n) is 7.27. The zero-order valence-electron chi connectivity index (χ0n) is 13.1. The van der Waals surface area contributed by atoms with Crippen LogP contribution >= 0.6 is 0 Å². The third-order valence-electron chi connectivity index (χ3n) is 3.19. The molecule has 0 aliphatic heterocycles. The molecule has 23 heavy (non-hydrogen) atoms. The third-order valence-corrected chi connectivity index (χ3v) is 3.19. The van der Waals surface area contributed by atoms with Crippen LogP contribution in [0.5, 0.6) is 0 Å². The van der Waals surface area contributed by atoms with E-state index in [0.717, 1.165) is 0 Å². The molecule has 1 rings (SSSR count). The molecule has 7 nitrogen and oxygen atoms in total. The monoisotopic (exact) mass is 320 g/mol. The fourth-order valence-electron chi connectivity index (χ4n) is 1.96. The van der Waals surface area contributed by atoms with Gasteiger partial charge < -0.3 is 15.7 Å².